The average molecular weight is 444 g/mol. The maximum absolute atomic E-state index is 13.3. The first kappa shape index (κ1) is 21.7. The summed E-state index contributed by atoms with van der Waals surface area (Å²) >= 11 is 6.02. The highest BCUT2D eigenvalue weighted by Crippen LogP contribution is 2.32. The zero-order valence-electron chi connectivity index (χ0n) is 18.3. The van der Waals surface area contributed by atoms with Crippen LogP contribution in [0.25, 0.3) is 11.2 Å². The van der Waals surface area contributed by atoms with E-state index >= 15 is 0 Å². The summed E-state index contributed by atoms with van der Waals surface area (Å²) in [7, 11) is 1.70. The van der Waals surface area contributed by atoms with Gasteiger partial charge in [0.05, 0.1) is 0 Å². The monoisotopic (exact) mass is 443 g/mol. The van der Waals surface area contributed by atoms with Crippen LogP contribution < -0.4 is 16.1 Å². The summed E-state index contributed by atoms with van der Waals surface area (Å²) in [5.41, 5.74) is 1.39. The molecule has 0 fully saturated rings. The molecule has 0 saturated heterocycles. The lowest BCUT2D eigenvalue weighted by Crippen LogP contribution is -2.39. The molecule has 0 amide bonds. The fourth-order valence-electron chi connectivity index (χ4n) is 4.37. The van der Waals surface area contributed by atoms with E-state index in [1.807, 2.05) is 28.8 Å². The lowest BCUT2D eigenvalue weighted by molar-refractivity contribution is 0.522. The van der Waals surface area contributed by atoms with Crippen LogP contribution >= 0.6 is 11.6 Å². The van der Waals surface area contributed by atoms with Gasteiger partial charge in [-0.2, -0.15) is 4.98 Å². The Morgan fingerprint density at radius 2 is 1.65 bits per heavy atom. The topological polar surface area (TPSA) is 65.1 Å². The van der Waals surface area contributed by atoms with E-state index in [2.05, 4.69) is 16.8 Å². The Labute approximate surface area is 186 Å². The number of halogens is 1. The van der Waals surface area contributed by atoms with E-state index in [9.17, 15) is 9.59 Å². The molecule has 8 heteroatoms. The minimum atomic E-state index is -0.293. The van der Waals surface area contributed by atoms with E-state index in [1.165, 1.54) is 34.8 Å². The zero-order valence-corrected chi connectivity index (χ0v) is 19.1. The third-order valence-electron chi connectivity index (χ3n) is 6.12. The molecule has 0 atom stereocenters. The Bertz CT molecular complexity index is 1180. The minimum absolute atomic E-state index is 0.235. The van der Waals surface area contributed by atoms with Gasteiger partial charge >= 0.3 is 5.69 Å². The van der Waals surface area contributed by atoms with Gasteiger partial charge in [-0.05, 0) is 30.7 Å². The molecule has 0 spiro atoms. The van der Waals surface area contributed by atoms with Crippen LogP contribution in [0, 0.1) is 0 Å². The normalized spacial score (nSPS) is 13.3. The first-order valence-corrected chi connectivity index (χ1v) is 11.6. The molecule has 31 heavy (non-hydrogen) atoms. The van der Waals surface area contributed by atoms with E-state index in [0.29, 0.717) is 35.2 Å². The SMILES string of the molecule is CCCCCCCCCn1c(=O)c2c(nc3n2CCN3c2ccc(Cl)cc2)n(C)c1=O. The first-order valence-electron chi connectivity index (χ1n) is 11.3. The Balaban J connectivity index is 1.61. The third kappa shape index (κ3) is 4.15. The van der Waals surface area contributed by atoms with Gasteiger partial charge in [-0.25, -0.2) is 4.79 Å². The summed E-state index contributed by atoms with van der Waals surface area (Å²) in [6.45, 7) is 4.04. The summed E-state index contributed by atoms with van der Waals surface area (Å²) in [5, 5.41) is 0.673. The molecule has 0 N–H and O–H groups in total. The van der Waals surface area contributed by atoms with E-state index < -0.39 is 0 Å². The van der Waals surface area contributed by atoms with E-state index in [4.69, 9.17) is 11.6 Å². The molecule has 166 valence electrons. The van der Waals surface area contributed by atoms with Crippen LogP contribution in [0.1, 0.15) is 51.9 Å². The van der Waals surface area contributed by atoms with Crippen LogP contribution in [-0.2, 0) is 20.1 Å². The Kier molecular flexibility index (Phi) is 6.51. The average Bonchev–Trinajstić information content (AvgIpc) is 3.34. The molecule has 4 rings (SSSR count). The molecule has 0 saturated carbocycles. The highest BCUT2D eigenvalue weighted by atomic mass is 35.5. The van der Waals surface area contributed by atoms with Crippen LogP contribution in [0.2, 0.25) is 5.02 Å². The van der Waals surface area contributed by atoms with Crippen molar-refractivity contribution in [1.29, 1.82) is 0 Å². The highest BCUT2D eigenvalue weighted by molar-refractivity contribution is 6.30. The molecule has 1 aliphatic heterocycles. The predicted octanol–water partition coefficient (Wildman–Crippen LogP) is 4.45. The number of aromatic nitrogens is 4. The smallest absolute Gasteiger partial charge is 0.310 e. The lowest BCUT2D eigenvalue weighted by Gasteiger charge is -2.15. The second kappa shape index (κ2) is 9.30. The maximum atomic E-state index is 13.3. The maximum Gasteiger partial charge on any atom is 0.332 e. The quantitative estimate of drug-likeness (QED) is 0.458. The van der Waals surface area contributed by atoms with Crippen molar-refractivity contribution in [2.24, 2.45) is 7.05 Å². The molecule has 7 nitrogen and oxygen atoms in total. The van der Waals surface area contributed by atoms with Crippen molar-refractivity contribution < 1.29 is 0 Å². The summed E-state index contributed by atoms with van der Waals surface area (Å²) in [6.07, 6.45) is 8.01. The Hall–Kier alpha value is -2.54. The van der Waals surface area contributed by atoms with Gasteiger partial charge in [0.15, 0.2) is 11.2 Å². The van der Waals surface area contributed by atoms with E-state index in [1.54, 1.807) is 7.05 Å². The molecule has 2 aromatic heterocycles. The second-order valence-corrected chi connectivity index (χ2v) is 8.72. The molecule has 3 heterocycles. The largest absolute Gasteiger partial charge is 0.332 e. The lowest BCUT2D eigenvalue weighted by atomic mass is 10.1. The van der Waals surface area contributed by atoms with Crippen molar-refractivity contribution in [3.8, 4) is 0 Å². The number of fused-ring (bicyclic) bond motifs is 3. The minimum Gasteiger partial charge on any atom is -0.310 e. The summed E-state index contributed by atoms with van der Waals surface area (Å²) in [4.78, 5) is 32.9. The van der Waals surface area contributed by atoms with Crippen LogP contribution in [0.5, 0.6) is 0 Å². The molecular weight excluding hydrogens is 414 g/mol. The summed E-state index contributed by atoms with van der Waals surface area (Å²) in [6, 6.07) is 7.56. The van der Waals surface area contributed by atoms with Crippen molar-refractivity contribution in [2.45, 2.75) is 65.0 Å². The van der Waals surface area contributed by atoms with Crippen LogP contribution in [0.4, 0.5) is 11.6 Å². The second-order valence-electron chi connectivity index (χ2n) is 8.28. The van der Waals surface area contributed by atoms with Crippen molar-refractivity contribution in [3.63, 3.8) is 0 Å². The Morgan fingerprint density at radius 1 is 0.968 bits per heavy atom. The number of aryl methyl sites for hydroxylation is 1. The van der Waals surface area contributed by atoms with Crippen LogP contribution in [0.3, 0.4) is 0 Å². The van der Waals surface area contributed by atoms with Gasteiger partial charge in [0.25, 0.3) is 5.56 Å². The van der Waals surface area contributed by atoms with Crippen molar-refractivity contribution in [2.75, 3.05) is 11.4 Å². The molecule has 0 unspecified atom stereocenters. The number of hydrogen-bond acceptors (Lipinski definition) is 4. The molecule has 3 aromatic rings. The fraction of sp³-hybridized carbons (Fsp3) is 0.522. The number of rotatable bonds is 9. The van der Waals surface area contributed by atoms with Gasteiger partial charge in [0.1, 0.15) is 0 Å². The van der Waals surface area contributed by atoms with Gasteiger partial charge in [-0.1, -0.05) is 57.0 Å². The highest BCUT2D eigenvalue weighted by Gasteiger charge is 2.28. The third-order valence-corrected chi connectivity index (χ3v) is 6.38. The molecule has 1 aromatic carbocycles. The number of hydrogen-bond donors (Lipinski definition) is 0. The van der Waals surface area contributed by atoms with Gasteiger partial charge in [0.2, 0.25) is 5.95 Å². The summed E-state index contributed by atoms with van der Waals surface area (Å²) < 4.78 is 4.82. The van der Waals surface area contributed by atoms with Gasteiger partial charge in [-0.15, -0.1) is 0 Å². The molecule has 0 bridgehead atoms. The number of imidazole rings is 1. The Morgan fingerprint density at radius 3 is 2.35 bits per heavy atom. The van der Waals surface area contributed by atoms with Gasteiger partial charge in [-0.3, -0.25) is 13.9 Å². The van der Waals surface area contributed by atoms with E-state index in [0.717, 1.165) is 31.5 Å². The first-order chi connectivity index (χ1) is 15.0. The van der Waals surface area contributed by atoms with Crippen molar-refractivity contribution in [1.82, 2.24) is 18.7 Å². The molecular formula is C23H30ClN5O2. The number of benzene rings is 1. The number of anilines is 2. The van der Waals surface area contributed by atoms with Crippen LogP contribution in [0.15, 0.2) is 33.9 Å². The number of nitrogens with zero attached hydrogens (tertiary/aromatic N) is 5. The summed E-state index contributed by atoms with van der Waals surface area (Å²) in [5.74, 6) is 0.693. The number of unbranched alkanes of at least 4 members (excludes halogenated alkanes) is 6. The fourth-order valence-corrected chi connectivity index (χ4v) is 4.49. The standard InChI is InChI=1S/C23H30ClN5O2/c1-3-4-5-6-7-8-9-14-29-21(30)19-20(26(2)23(29)31)25-22-27(15-16-28(19)22)18-12-10-17(24)11-13-18/h10-13H,3-9,14-16H2,1-2H3. The van der Waals surface area contributed by atoms with Crippen LogP contribution in [-0.4, -0.2) is 25.2 Å². The molecule has 0 aliphatic carbocycles. The van der Waals surface area contributed by atoms with Crippen molar-refractivity contribution >= 4 is 34.4 Å². The zero-order chi connectivity index (χ0) is 22.0. The molecule has 1 aliphatic rings. The van der Waals surface area contributed by atoms with Gasteiger partial charge in [0, 0.05) is 37.4 Å². The predicted molar refractivity (Wildman–Crippen MR) is 126 cm³/mol. The molecule has 0 radical (unpaired) electrons. The van der Waals surface area contributed by atoms with Gasteiger partial charge < -0.3 is 9.47 Å². The van der Waals surface area contributed by atoms with E-state index in [-0.39, 0.29) is 11.2 Å². The van der Waals surface area contributed by atoms with Crippen molar-refractivity contribution in [3.05, 3.63) is 50.1 Å².